The predicted molar refractivity (Wildman–Crippen MR) is 56.7 cm³/mol. The number of nitrogens with zero attached hydrogens (tertiary/aromatic N) is 1. The summed E-state index contributed by atoms with van der Waals surface area (Å²) < 4.78 is 2.06. The van der Waals surface area contributed by atoms with Crippen LogP contribution in [-0.2, 0) is 13.5 Å². The molecule has 0 spiro atoms. The second-order valence-corrected chi connectivity index (χ2v) is 3.40. The second-order valence-electron chi connectivity index (χ2n) is 3.40. The summed E-state index contributed by atoms with van der Waals surface area (Å²) in [7, 11) is 2.02. The Bertz CT molecular complexity index is 441. The van der Waals surface area contributed by atoms with Crippen LogP contribution in [0.5, 0.6) is 0 Å². The predicted octanol–water partition coefficient (Wildman–Crippen LogP) is 2.32. The van der Waals surface area contributed by atoms with Gasteiger partial charge in [0.1, 0.15) is 0 Å². The van der Waals surface area contributed by atoms with Gasteiger partial charge in [-0.3, -0.25) is 0 Å². The normalized spacial score (nSPS) is 10.9. The maximum absolute atomic E-state index is 5.88. The van der Waals surface area contributed by atoms with Crippen LogP contribution in [0.25, 0.3) is 10.9 Å². The molecule has 0 fully saturated rings. The number of rotatable bonds is 1. The minimum atomic E-state index is 0.868. The highest BCUT2D eigenvalue weighted by atomic mass is 14.9. The van der Waals surface area contributed by atoms with Gasteiger partial charge < -0.3 is 10.3 Å². The van der Waals surface area contributed by atoms with E-state index in [1.165, 1.54) is 16.5 Å². The summed E-state index contributed by atoms with van der Waals surface area (Å²) in [4.78, 5) is 0. The van der Waals surface area contributed by atoms with Crippen LogP contribution in [0.1, 0.15) is 12.5 Å². The van der Waals surface area contributed by atoms with E-state index in [0.717, 1.165) is 12.1 Å². The summed E-state index contributed by atoms with van der Waals surface area (Å²) in [6.07, 6.45) is 3.02. The molecular weight excluding hydrogens is 160 g/mol. The summed E-state index contributed by atoms with van der Waals surface area (Å²) in [6.45, 7) is 2.15. The fourth-order valence-electron chi connectivity index (χ4n) is 1.69. The van der Waals surface area contributed by atoms with E-state index in [0.29, 0.717) is 0 Å². The fraction of sp³-hybridized carbons (Fsp3) is 0.273. The molecule has 0 aliphatic heterocycles. The van der Waals surface area contributed by atoms with E-state index in [4.69, 9.17) is 5.73 Å². The van der Waals surface area contributed by atoms with Crippen LogP contribution < -0.4 is 5.73 Å². The van der Waals surface area contributed by atoms with Gasteiger partial charge in [-0.15, -0.1) is 0 Å². The second kappa shape index (κ2) is 2.80. The van der Waals surface area contributed by atoms with Crippen LogP contribution in [0.15, 0.2) is 24.4 Å². The van der Waals surface area contributed by atoms with Crippen LogP contribution in [0.2, 0.25) is 0 Å². The Kier molecular flexibility index (Phi) is 1.76. The molecule has 2 nitrogen and oxygen atoms in total. The average Bonchev–Trinajstić information content (AvgIpc) is 2.42. The van der Waals surface area contributed by atoms with Gasteiger partial charge in [0.2, 0.25) is 0 Å². The van der Waals surface area contributed by atoms with Crippen LogP contribution in [0.3, 0.4) is 0 Å². The van der Waals surface area contributed by atoms with Crippen molar-refractivity contribution in [3.8, 4) is 0 Å². The number of aryl methyl sites for hydroxylation is 2. The Hall–Kier alpha value is -1.44. The zero-order valence-electron chi connectivity index (χ0n) is 8.04. The molecule has 2 N–H and O–H groups in total. The van der Waals surface area contributed by atoms with Crippen molar-refractivity contribution in [3.05, 3.63) is 30.0 Å². The monoisotopic (exact) mass is 174 g/mol. The SMILES string of the molecule is CCc1ccc2c(c1)c(N)cn2C. The number of aromatic nitrogens is 1. The molecule has 0 amide bonds. The van der Waals surface area contributed by atoms with E-state index < -0.39 is 0 Å². The van der Waals surface area contributed by atoms with Crippen molar-refractivity contribution in [1.82, 2.24) is 4.57 Å². The van der Waals surface area contributed by atoms with Crippen LogP contribution >= 0.6 is 0 Å². The Labute approximate surface area is 78.0 Å². The molecule has 2 rings (SSSR count). The summed E-state index contributed by atoms with van der Waals surface area (Å²) >= 11 is 0. The third-order valence-corrected chi connectivity index (χ3v) is 2.49. The van der Waals surface area contributed by atoms with Crippen LogP contribution in [-0.4, -0.2) is 4.57 Å². The standard InChI is InChI=1S/C11H14N2/c1-3-8-4-5-11-9(6-8)10(12)7-13(11)2/h4-7H,3,12H2,1-2H3. The maximum Gasteiger partial charge on any atom is 0.0573 e. The molecule has 0 unspecified atom stereocenters. The molecule has 1 aromatic heterocycles. The zero-order chi connectivity index (χ0) is 9.42. The molecule has 0 aliphatic carbocycles. The first-order valence-corrected chi connectivity index (χ1v) is 4.56. The van der Waals surface area contributed by atoms with Crippen molar-refractivity contribution in [2.24, 2.45) is 7.05 Å². The third-order valence-electron chi connectivity index (χ3n) is 2.49. The number of hydrogen-bond acceptors (Lipinski definition) is 1. The van der Waals surface area contributed by atoms with Crippen LogP contribution in [0, 0.1) is 0 Å². The number of hydrogen-bond donors (Lipinski definition) is 1. The zero-order valence-corrected chi connectivity index (χ0v) is 8.04. The lowest BCUT2D eigenvalue weighted by atomic mass is 10.1. The molecule has 0 aliphatic rings. The lowest BCUT2D eigenvalue weighted by Gasteiger charge is -1.98. The highest BCUT2D eigenvalue weighted by Crippen LogP contribution is 2.23. The molecule has 2 heteroatoms. The van der Waals surface area contributed by atoms with Gasteiger partial charge in [0.25, 0.3) is 0 Å². The molecule has 68 valence electrons. The summed E-state index contributed by atoms with van der Waals surface area (Å²) in [5, 5.41) is 1.17. The molecule has 1 aromatic carbocycles. The van der Waals surface area contributed by atoms with E-state index >= 15 is 0 Å². The topological polar surface area (TPSA) is 30.9 Å². The number of anilines is 1. The highest BCUT2D eigenvalue weighted by molar-refractivity contribution is 5.92. The Morgan fingerprint density at radius 1 is 1.38 bits per heavy atom. The first kappa shape index (κ1) is 8.17. The van der Waals surface area contributed by atoms with E-state index in [2.05, 4.69) is 29.7 Å². The van der Waals surface area contributed by atoms with E-state index in [1.54, 1.807) is 0 Å². The largest absolute Gasteiger partial charge is 0.397 e. The van der Waals surface area contributed by atoms with Gasteiger partial charge in [-0.05, 0) is 24.1 Å². The van der Waals surface area contributed by atoms with Gasteiger partial charge in [-0.25, -0.2) is 0 Å². The van der Waals surface area contributed by atoms with Gasteiger partial charge in [-0.1, -0.05) is 13.0 Å². The van der Waals surface area contributed by atoms with Gasteiger partial charge in [0.05, 0.1) is 5.69 Å². The molecule has 0 saturated carbocycles. The van der Waals surface area contributed by atoms with Crippen molar-refractivity contribution < 1.29 is 0 Å². The molecular formula is C11H14N2. The Morgan fingerprint density at radius 3 is 2.85 bits per heavy atom. The maximum atomic E-state index is 5.88. The average molecular weight is 174 g/mol. The molecule has 0 saturated heterocycles. The van der Waals surface area contributed by atoms with E-state index in [1.807, 2.05) is 13.2 Å². The Morgan fingerprint density at radius 2 is 2.15 bits per heavy atom. The molecule has 0 bridgehead atoms. The van der Waals surface area contributed by atoms with Crippen molar-refractivity contribution in [2.45, 2.75) is 13.3 Å². The molecule has 0 radical (unpaired) electrons. The van der Waals surface area contributed by atoms with E-state index in [-0.39, 0.29) is 0 Å². The van der Waals surface area contributed by atoms with Crippen molar-refractivity contribution in [1.29, 1.82) is 0 Å². The fourth-order valence-corrected chi connectivity index (χ4v) is 1.69. The van der Waals surface area contributed by atoms with Gasteiger partial charge in [0, 0.05) is 24.1 Å². The molecule has 13 heavy (non-hydrogen) atoms. The van der Waals surface area contributed by atoms with E-state index in [9.17, 15) is 0 Å². The quantitative estimate of drug-likeness (QED) is 0.706. The minimum Gasteiger partial charge on any atom is -0.397 e. The molecule has 1 heterocycles. The number of benzene rings is 1. The van der Waals surface area contributed by atoms with Gasteiger partial charge in [0.15, 0.2) is 0 Å². The summed E-state index contributed by atoms with van der Waals surface area (Å²) in [5.41, 5.74) is 9.29. The number of nitrogen functional groups attached to an aromatic ring is 1. The van der Waals surface area contributed by atoms with Crippen molar-refractivity contribution in [3.63, 3.8) is 0 Å². The molecule has 0 atom stereocenters. The first-order valence-electron chi connectivity index (χ1n) is 4.56. The lowest BCUT2D eigenvalue weighted by Crippen LogP contribution is -1.84. The van der Waals surface area contributed by atoms with Crippen molar-refractivity contribution in [2.75, 3.05) is 5.73 Å². The molecule has 2 aromatic rings. The first-order chi connectivity index (χ1) is 6.22. The van der Waals surface area contributed by atoms with Crippen molar-refractivity contribution >= 4 is 16.6 Å². The number of nitrogens with two attached hydrogens (primary N) is 1. The highest BCUT2D eigenvalue weighted by Gasteiger charge is 2.03. The number of fused-ring (bicyclic) bond motifs is 1. The third kappa shape index (κ3) is 1.18. The smallest absolute Gasteiger partial charge is 0.0573 e. The summed E-state index contributed by atoms with van der Waals surface area (Å²) in [5.74, 6) is 0. The summed E-state index contributed by atoms with van der Waals surface area (Å²) in [6, 6.07) is 6.46. The van der Waals surface area contributed by atoms with Crippen LogP contribution in [0.4, 0.5) is 5.69 Å². The van der Waals surface area contributed by atoms with Gasteiger partial charge in [-0.2, -0.15) is 0 Å². The lowest BCUT2D eigenvalue weighted by molar-refractivity contribution is 0.970. The van der Waals surface area contributed by atoms with Gasteiger partial charge >= 0.3 is 0 Å². The minimum absolute atomic E-state index is 0.868. The Balaban J connectivity index is 2.76.